The fourth-order valence-electron chi connectivity index (χ4n) is 3.70. The average Bonchev–Trinajstić information content (AvgIpc) is 2.55. The molecular formula is C18H21NO. The standard InChI is InChI=1S/C18H21NO/c1-2-7-15(8-3-1)19-12-17-16-9-5-4-6-14(16)10-11-18(17)20-13-19/h4-6,9-11,15H,1-3,7-8,12-13H2. The first-order valence-corrected chi connectivity index (χ1v) is 7.79. The van der Waals surface area contributed by atoms with Crippen molar-refractivity contribution in [3.8, 4) is 5.75 Å². The molecule has 0 radical (unpaired) electrons. The molecule has 0 bridgehead atoms. The van der Waals surface area contributed by atoms with Gasteiger partial charge in [-0.1, -0.05) is 49.6 Å². The molecule has 104 valence electrons. The number of rotatable bonds is 1. The molecule has 4 rings (SSSR count). The minimum atomic E-state index is 0.718. The Morgan fingerprint density at radius 2 is 1.80 bits per heavy atom. The minimum absolute atomic E-state index is 0.718. The number of hydrogen-bond acceptors (Lipinski definition) is 2. The molecule has 0 unspecified atom stereocenters. The fraction of sp³-hybridized carbons (Fsp3) is 0.444. The van der Waals surface area contributed by atoms with Gasteiger partial charge in [0.05, 0.1) is 0 Å². The van der Waals surface area contributed by atoms with Crippen molar-refractivity contribution in [3.63, 3.8) is 0 Å². The van der Waals surface area contributed by atoms with E-state index in [9.17, 15) is 0 Å². The second-order valence-corrected chi connectivity index (χ2v) is 6.08. The molecule has 0 amide bonds. The van der Waals surface area contributed by atoms with E-state index in [0.29, 0.717) is 0 Å². The third-order valence-corrected chi connectivity index (χ3v) is 4.84. The first-order valence-electron chi connectivity index (χ1n) is 7.79. The molecule has 1 heterocycles. The molecule has 1 aliphatic carbocycles. The smallest absolute Gasteiger partial charge is 0.142 e. The summed E-state index contributed by atoms with van der Waals surface area (Å²) < 4.78 is 6.02. The number of fused-ring (bicyclic) bond motifs is 3. The quantitative estimate of drug-likeness (QED) is 0.762. The van der Waals surface area contributed by atoms with Crippen LogP contribution in [-0.2, 0) is 6.54 Å². The summed E-state index contributed by atoms with van der Waals surface area (Å²) >= 11 is 0. The van der Waals surface area contributed by atoms with E-state index in [-0.39, 0.29) is 0 Å². The Morgan fingerprint density at radius 1 is 0.950 bits per heavy atom. The molecule has 2 aromatic rings. The summed E-state index contributed by atoms with van der Waals surface area (Å²) in [5.74, 6) is 1.08. The van der Waals surface area contributed by atoms with Gasteiger partial charge < -0.3 is 4.74 Å². The van der Waals surface area contributed by atoms with Crippen LogP contribution in [0.2, 0.25) is 0 Å². The Hall–Kier alpha value is -1.54. The van der Waals surface area contributed by atoms with Crippen molar-refractivity contribution in [2.45, 2.75) is 44.7 Å². The Kier molecular flexibility index (Phi) is 3.12. The van der Waals surface area contributed by atoms with E-state index < -0.39 is 0 Å². The molecule has 1 fully saturated rings. The van der Waals surface area contributed by atoms with Gasteiger partial charge in [0.15, 0.2) is 0 Å². The van der Waals surface area contributed by atoms with Gasteiger partial charge >= 0.3 is 0 Å². The lowest BCUT2D eigenvalue weighted by Crippen LogP contribution is -2.41. The van der Waals surface area contributed by atoms with Crippen LogP contribution in [0.4, 0.5) is 0 Å². The third kappa shape index (κ3) is 2.08. The van der Waals surface area contributed by atoms with E-state index >= 15 is 0 Å². The Morgan fingerprint density at radius 3 is 2.70 bits per heavy atom. The molecule has 0 saturated heterocycles. The van der Waals surface area contributed by atoms with Crippen molar-refractivity contribution < 1.29 is 4.74 Å². The normalized spacial score (nSPS) is 20.6. The van der Waals surface area contributed by atoms with Crippen LogP contribution in [0.15, 0.2) is 36.4 Å². The van der Waals surface area contributed by atoms with Crippen molar-refractivity contribution >= 4 is 10.8 Å². The highest BCUT2D eigenvalue weighted by molar-refractivity contribution is 5.87. The van der Waals surface area contributed by atoms with Crippen molar-refractivity contribution in [2.75, 3.05) is 6.73 Å². The lowest BCUT2D eigenvalue weighted by molar-refractivity contribution is 0.0411. The second kappa shape index (κ2) is 5.10. The van der Waals surface area contributed by atoms with Crippen molar-refractivity contribution in [1.29, 1.82) is 0 Å². The van der Waals surface area contributed by atoms with Gasteiger partial charge in [0.25, 0.3) is 0 Å². The molecule has 0 atom stereocenters. The summed E-state index contributed by atoms with van der Waals surface area (Å²) in [7, 11) is 0. The van der Waals surface area contributed by atoms with E-state index in [1.165, 1.54) is 48.4 Å². The summed E-state index contributed by atoms with van der Waals surface area (Å²) in [6.07, 6.45) is 6.84. The molecule has 0 spiro atoms. The molecule has 0 aromatic heterocycles. The van der Waals surface area contributed by atoms with E-state index in [2.05, 4.69) is 41.3 Å². The first kappa shape index (κ1) is 12.2. The zero-order valence-electron chi connectivity index (χ0n) is 11.8. The summed E-state index contributed by atoms with van der Waals surface area (Å²) in [6, 6.07) is 13.7. The van der Waals surface area contributed by atoms with Crippen LogP contribution in [0, 0.1) is 0 Å². The highest BCUT2D eigenvalue weighted by atomic mass is 16.5. The largest absolute Gasteiger partial charge is 0.478 e. The van der Waals surface area contributed by atoms with Crippen LogP contribution < -0.4 is 4.74 Å². The lowest BCUT2D eigenvalue weighted by atomic mass is 9.93. The zero-order chi connectivity index (χ0) is 13.4. The predicted octanol–water partition coefficient (Wildman–Crippen LogP) is 4.32. The summed E-state index contributed by atoms with van der Waals surface area (Å²) in [6.45, 7) is 1.80. The van der Waals surface area contributed by atoms with Gasteiger partial charge in [0.2, 0.25) is 0 Å². The Balaban J connectivity index is 1.68. The summed E-state index contributed by atoms with van der Waals surface area (Å²) in [5.41, 5.74) is 1.37. The van der Waals surface area contributed by atoms with Crippen LogP contribution >= 0.6 is 0 Å². The molecule has 1 saturated carbocycles. The summed E-state index contributed by atoms with van der Waals surface area (Å²) in [5, 5.41) is 2.67. The molecule has 2 aliphatic rings. The lowest BCUT2D eigenvalue weighted by Gasteiger charge is -2.37. The van der Waals surface area contributed by atoms with E-state index in [1.54, 1.807) is 0 Å². The Labute approximate surface area is 120 Å². The SMILES string of the molecule is c1ccc2c3c(ccc2c1)OCN(C1CCCCC1)C3. The monoisotopic (exact) mass is 267 g/mol. The van der Waals surface area contributed by atoms with Crippen molar-refractivity contribution in [3.05, 3.63) is 42.0 Å². The molecule has 20 heavy (non-hydrogen) atoms. The highest BCUT2D eigenvalue weighted by Crippen LogP contribution is 2.34. The third-order valence-electron chi connectivity index (χ3n) is 4.84. The number of nitrogens with zero attached hydrogens (tertiary/aromatic N) is 1. The second-order valence-electron chi connectivity index (χ2n) is 6.08. The first-order chi connectivity index (χ1) is 9.92. The van der Waals surface area contributed by atoms with Gasteiger partial charge in [-0.25, -0.2) is 0 Å². The maximum Gasteiger partial charge on any atom is 0.142 e. The molecule has 2 nitrogen and oxygen atoms in total. The van der Waals surface area contributed by atoms with E-state index in [0.717, 1.165) is 25.1 Å². The van der Waals surface area contributed by atoms with Crippen LogP contribution in [0.3, 0.4) is 0 Å². The maximum absolute atomic E-state index is 6.02. The van der Waals surface area contributed by atoms with Gasteiger partial charge in [0, 0.05) is 18.2 Å². The predicted molar refractivity (Wildman–Crippen MR) is 81.9 cm³/mol. The van der Waals surface area contributed by atoms with Crippen molar-refractivity contribution in [2.24, 2.45) is 0 Å². The molecular weight excluding hydrogens is 246 g/mol. The van der Waals surface area contributed by atoms with Crippen LogP contribution in [0.25, 0.3) is 10.8 Å². The average molecular weight is 267 g/mol. The van der Waals surface area contributed by atoms with Gasteiger partial charge in [-0.2, -0.15) is 0 Å². The van der Waals surface area contributed by atoms with Crippen LogP contribution in [0.5, 0.6) is 5.75 Å². The molecule has 2 aromatic carbocycles. The van der Waals surface area contributed by atoms with E-state index in [4.69, 9.17) is 4.74 Å². The number of ether oxygens (including phenoxy) is 1. The molecule has 2 heteroatoms. The zero-order valence-corrected chi connectivity index (χ0v) is 11.8. The number of benzene rings is 2. The molecule has 1 aliphatic heterocycles. The van der Waals surface area contributed by atoms with Gasteiger partial charge in [-0.3, -0.25) is 4.90 Å². The van der Waals surface area contributed by atoms with Crippen LogP contribution in [0.1, 0.15) is 37.7 Å². The van der Waals surface area contributed by atoms with Gasteiger partial charge in [0.1, 0.15) is 12.5 Å². The minimum Gasteiger partial charge on any atom is -0.478 e. The van der Waals surface area contributed by atoms with Gasteiger partial charge in [-0.15, -0.1) is 0 Å². The van der Waals surface area contributed by atoms with Crippen molar-refractivity contribution in [1.82, 2.24) is 4.90 Å². The number of hydrogen-bond donors (Lipinski definition) is 0. The van der Waals surface area contributed by atoms with Crippen LogP contribution in [-0.4, -0.2) is 17.7 Å². The fourth-order valence-corrected chi connectivity index (χ4v) is 3.70. The summed E-state index contributed by atoms with van der Waals surface area (Å²) in [4.78, 5) is 2.54. The topological polar surface area (TPSA) is 12.5 Å². The Bertz CT molecular complexity index is 616. The maximum atomic E-state index is 6.02. The van der Waals surface area contributed by atoms with Gasteiger partial charge in [-0.05, 0) is 29.7 Å². The highest BCUT2D eigenvalue weighted by Gasteiger charge is 2.26. The molecule has 0 N–H and O–H groups in total. The van der Waals surface area contributed by atoms with E-state index in [1.807, 2.05) is 0 Å².